The molecule has 1 aliphatic heterocycles. The van der Waals surface area contributed by atoms with E-state index in [4.69, 9.17) is 0 Å². The zero-order chi connectivity index (χ0) is 19.4. The summed E-state index contributed by atoms with van der Waals surface area (Å²) in [6.07, 6.45) is 0.680. The minimum atomic E-state index is -0.560. The van der Waals surface area contributed by atoms with Crippen LogP contribution >= 0.6 is 0 Å². The Labute approximate surface area is 159 Å². The molecule has 2 amide bonds. The zero-order valence-electron chi connectivity index (χ0n) is 15.7. The lowest BCUT2D eigenvalue weighted by atomic mass is 10.1. The summed E-state index contributed by atoms with van der Waals surface area (Å²) >= 11 is 0. The topological polar surface area (TPSA) is 57.7 Å². The molecule has 1 aliphatic rings. The summed E-state index contributed by atoms with van der Waals surface area (Å²) < 4.78 is 0. The highest BCUT2D eigenvalue weighted by molar-refractivity contribution is 6.36. The van der Waals surface area contributed by atoms with E-state index in [-0.39, 0.29) is 24.9 Å². The Balaban J connectivity index is 1.62. The molecule has 0 N–H and O–H groups in total. The molecule has 2 aromatic carbocycles. The van der Waals surface area contributed by atoms with Gasteiger partial charge in [-0.25, -0.2) is 0 Å². The summed E-state index contributed by atoms with van der Waals surface area (Å²) in [7, 11) is 0. The van der Waals surface area contributed by atoms with Crippen molar-refractivity contribution in [3.05, 3.63) is 65.7 Å². The maximum absolute atomic E-state index is 12.6. The van der Waals surface area contributed by atoms with E-state index >= 15 is 0 Å². The highest BCUT2D eigenvalue weighted by atomic mass is 16.2. The number of ketones is 1. The molecule has 5 nitrogen and oxygen atoms in total. The van der Waals surface area contributed by atoms with Gasteiger partial charge in [0.05, 0.1) is 0 Å². The SMILES string of the molecule is Cc1ccc(N2C[C@@H](C)N(C(=O)C(=O)CCc3ccccc3)CC2=O)cc1. The molecular formula is C22H24N2O3. The molecule has 0 bridgehead atoms. The molecule has 0 radical (unpaired) electrons. The molecule has 0 unspecified atom stereocenters. The number of anilines is 1. The Morgan fingerprint density at radius 2 is 1.70 bits per heavy atom. The van der Waals surface area contributed by atoms with Gasteiger partial charge in [0.1, 0.15) is 6.54 Å². The van der Waals surface area contributed by atoms with Crippen LogP contribution in [0.4, 0.5) is 5.69 Å². The number of Topliss-reactive ketones (excluding diaryl/α,β-unsaturated/α-hetero) is 1. The average Bonchev–Trinajstić information content (AvgIpc) is 2.68. The van der Waals surface area contributed by atoms with Crippen LogP contribution in [-0.4, -0.2) is 41.6 Å². The molecule has 1 atom stereocenters. The van der Waals surface area contributed by atoms with Crippen molar-refractivity contribution >= 4 is 23.3 Å². The van der Waals surface area contributed by atoms with Crippen LogP contribution in [0.15, 0.2) is 54.6 Å². The minimum Gasteiger partial charge on any atom is -0.322 e. The molecule has 0 saturated carbocycles. The standard InChI is InChI=1S/C22H24N2O3/c1-16-8-11-19(12-9-16)24-14-17(2)23(15-21(24)26)22(27)20(25)13-10-18-6-4-3-5-7-18/h3-9,11-12,17H,10,13-15H2,1-2H3/t17-/m1/s1. The van der Waals surface area contributed by atoms with Crippen LogP contribution in [0.1, 0.15) is 24.5 Å². The molecule has 140 valence electrons. The number of carbonyl (C=O) groups excluding carboxylic acids is 3. The second-order valence-corrected chi connectivity index (χ2v) is 7.03. The Kier molecular flexibility index (Phi) is 5.69. The normalized spacial score (nSPS) is 17.1. The van der Waals surface area contributed by atoms with Gasteiger partial charge in [0.25, 0.3) is 5.91 Å². The lowest BCUT2D eigenvalue weighted by Crippen LogP contribution is -2.58. The van der Waals surface area contributed by atoms with Crippen LogP contribution in [0.5, 0.6) is 0 Å². The molecular weight excluding hydrogens is 340 g/mol. The number of carbonyl (C=O) groups is 3. The second-order valence-electron chi connectivity index (χ2n) is 7.03. The Morgan fingerprint density at radius 3 is 2.37 bits per heavy atom. The van der Waals surface area contributed by atoms with E-state index in [0.717, 1.165) is 16.8 Å². The maximum Gasteiger partial charge on any atom is 0.290 e. The van der Waals surface area contributed by atoms with Crippen molar-refractivity contribution in [3.8, 4) is 0 Å². The summed E-state index contributed by atoms with van der Waals surface area (Å²) in [6.45, 7) is 4.19. The molecule has 27 heavy (non-hydrogen) atoms. The number of hydrogen-bond donors (Lipinski definition) is 0. The highest BCUT2D eigenvalue weighted by Gasteiger charge is 2.35. The summed E-state index contributed by atoms with van der Waals surface area (Å²) in [6, 6.07) is 17.1. The third kappa shape index (κ3) is 4.42. The van der Waals surface area contributed by atoms with Crippen molar-refractivity contribution in [1.29, 1.82) is 0 Å². The number of amides is 2. The van der Waals surface area contributed by atoms with Crippen molar-refractivity contribution in [1.82, 2.24) is 4.90 Å². The van der Waals surface area contributed by atoms with Crippen molar-refractivity contribution in [2.45, 2.75) is 32.7 Å². The highest BCUT2D eigenvalue weighted by Crippen LogP contribution is 2.21. The molecule has 0 aromatic heterocycles. The summed E-state index contributed by atoms with van der Waals surface area (Å²) in [5.41, 5.74) is 2.96. The van der Waals surface area contributed by atoms with Crippen LogP contribution in [0, 0.1) is 6.92 Å². The molecule has 1 fully saturated rings. The van der Waals surface area contributed by atoms with E-state index in [9.17, 15) is 14.4 Å². The van der Waals surface area contributed by atoms with Crippen LogP contribution < -0.4 is 4.90 Å². The van der Waals surface area contributed by atoms with Crippen LogP contribution in [-0.2, 0) is 20.8 Å². The van der Waals surface area contributed by atoms with Gasteiger partial charge in [0, 0.05) is 24.7 Å². The van der Waals surface area contributed by atoms with Crippen molar-refractivity contribution in [3.63, 3.8) is 0 Å². The quantitative estimate of drug-likeness (QED) is 0.767. The molecule has 1 saturated heterocycles. The number of aryl methyl sites for hydroxylation is 2. The van der Waals surface area contributed by atoms with E-state index in [1.807, 2.05) is 68.4 Å². The average molecular weight is 364 g/mol. The van der Waals surface area contributed by atoms with Gasteiger partial charge in [-0.15, -0.1) is 0 Å². The number of benzene rings is 2. The van der Waals surface area contributed by atoms with Gasteiger partial charge in [-0.1, -0.05) is 48.0 Å². The van der Waals surface area contributed by atoms with E-state index < -0.39 is 11.7 Å². The fourth-order valence-corrected chi connectivity index (χ4v) is 3.27. The third-order valence-electron chi connectivity index (χ3n) is 4.91. The van der Waals surface area contributed by atoms with Crippen molar-refractivity contribution < 1.29 is 14.4 Å². The second kappa shape index (κ2) is 8.16. The number of piperazine rings is 1. The summed E-state index contributed by atoms with van der Waals surface area (Å²) in [5.74, 6) is -1.17. The first-order valence-corrected chi connectivity index (χ1v) is 9.20. The monoisotopic (exact) mass is 364 g/mol. The molecule has 3 rings (SSSR count). The van der Waals surface area contributed by atoms with Gasteiger partial charge in [0.2, 0.25) is 11.7 Å². The van der Waals surface area contributed by atoms with Crippen LogP contribution in [0.2, 0.25) is 0 Å². The van der Waals surface area contributed by atoms with E-state index in [1.165, 1.54) is 4.90 Å². The van der Waals surface area contributed by atoms with Crippen molar-refractivity contribution in [2.75, 3.05) is 18.0 Å². The Bertz CT molecular complexity index is 830. The lowest BCUT2D eigenvalue weighted by molar-refractivity contribution is -0.148. The van der Waals surface area contributed by atoms with Crippen LogP contribution in [0.3, 0.4) is 0 Å². The first kappa shape index (κ1) is 18.8. The molecule has 5 heteroatoms. The Morgan fingerprint density at radius 1 is 1.04 bits per heavy atom. The maximum atomic E-state index is 12.6. The minimum absolute atomic E-state index is 0.0645. The summed E-state index contributed by atoms with van der Waals surface area (Å²) in [5, 5.41) is 0. The number of nitrogens with zero attached hydrogens (tertiary/aromatic N) is 2. The molecule has 0 aliphatic carbocycles. The fourth-order valence-electron chi connectivity index (χ4n) is 3.27. The predicted molar refractivity (Wildman–Crippen MR) is 104 cm³/mol. The van der Waals surface area contributed by atoms with Gasteiger partial charge in [0.15, 0.2) is 0 Å². The molecule has 1 heterocycles. The largest absolute Gasteiger partial charge is 0.322 e. The smallest absolute Gasteiger partial charge is 0.290 e. The van der Waals surface area contributed by atoms with Gasteiger partial charge >= 0.3 is 0 Å². The number of rotatable bonds is 5. The van der Waals surface area contributed by atoms with E-state index in [0.29, 0.717) is 13.0 Å². The Hall–Kier alpha value is -2.95. The zero-order valence-corrected chi connectivity index (χ0v) is 15.7. The molecule has 0 spiro atoms. The predicted octanol–water partition coefficient (Wildman–Crippen LogP) is 2.76. The van der Waals surface area contributed by atoms with E-state index in [1.54, 1.807) is 4.90 Å². The van der Waals surface area contributed by atoms with Gasteiger partial charge in [-0.3, -0.25) is 14.4 Å². The summed E-state index contributed by atoms with van der Waals surface area (Å²) in [4.78, 5) is 40.6. The van der Waals surface area contributed by atoms with Gasteiger partial charge < -0.3 is 9.80 Å². The van der Waals surface area contributed by atoms with E-state index in [2.05, 4.69) is 0 Å². The molecule has 2 aromatic rings. The first-order valence-electron chi connectivity index (χ1n) is 9.20. The first-order chi connectivity index (χ1) is 13.0. The lowest BCUT2D eigenvalue weighted by Gasteiger charge is -2.39. The van der Waals surface area contributed by atoms with Crippen LogP contribution in [0.25, 0.3) is 0 Å². The third-order valence-corrected chi connectivity index (χ3v) is 4.91. The van der Waals surface area contributed by atoms with Gasteiger partial charge in [-0.05, 0) is 38.0 Å². The number of hydrogen-bond acceptors (Lipinski definition) is 3. The van der Waals surface area contributed by atoms with Crippen molar-refractivity contribution in [2.24, 2.45) is 0 Å². The van der Waals surface area contributed by atoms with Gasteiger partial charge in [-0.2, -0.15) is 0 Å². The fraction of sp³-hybridized carbons (Fsp3) is 0.318.